The lowest BCUT2D eigenvalue weighted by molar-refractivity contribution is -0.143. The van der Waals surface area contributed by atoms with Crippen molar-refractivity contribution < 1.29 is 27.1 Å². The molecule has 0 atom stereocenters. The monoisotopic (exact) mass is 367 g/mol. The fraction of sp³-hybridized carbons (Fsp3) is 0.235. The van der Waals surface area contributed by atoms with Crippen LogP contribution in [0.25, 0.3) is 0 Å². The molecule has 1 N–H and O–H groups in total. The van der Waals surface area contributed by atoms with Crippen LogP contribution in [-0.2, 0) is 26.2 Å². The molecule has 6 nitrogen and oxygen atoms in total. The van der Waals surface area contributed by atoms with Gasteiger partial charge in [0.05, 0.1) is 11.5 Å². The largest absolute Gasteiger partial charge is 0.493 e. The average Bonchev–Trinajstić information content (AvgIpc) is 2.60. The van der Waals surface area contributed by atoms with Gasteiger partial charge in [-0.15, -0.1) is 0 Å². The number of halogens is 1. The SMILES string of the molecule is CCOc1ccccc1COC(=O)CNS(=O)(=O)c1ccc(F)cc1. The van der Waals surface area contributed by atoms with Crippen LogP contribution in [0.15, 0.2) is 53.4 Å². The fourth-order valence-electron chi connectivity index (χ4n) is 1.98. The summed E-state index contributed by atoms with van der Waals surface area (Å²) in [5.41, 5.74) is 0.680. The number of benzene rings is 2. The van der Waals surface area contributed by atoms with E-state index in [-0.39, 0.29) is 11.5 Å². The van der Waals surface area contributed by atoms with E-state index in [1.807, 2.05) is 6.92 Å². The molecule has 2 aromatic carbocycles. The van der Waals surface area contributed by atoms with Crippen LogP contribution >= 0.6 is 0 Å². The smallest absolute Gasteiger partial charge is 0.321 e. The first-order valence-corrected chi connectivity index (χ1v) is 9.02. The Bertz CT molecular complexity index is 821. The number of esters is 1. The molecule has 0 spiro atoms. The molecule has 0 saturated carbocycles. The first-order valence-electron chi connectivity index (χ1n) is 7.54. The van der Waals surface area contributed by atoms with Crippen molar-refractivity contribution in [2.45, 2.75) is 18.4 Å². The van der Waals surface area contributed by atoms with E-state index in [2.05, 4.69) is 4.72 Å². The topological polar surface area (TPSA) is 81.7 Å². The van der Waals surface area contributed by atoms with Gasteiger partial charge in [-0.25, -0.2) is 12.8 Å². The van der Waals surface area contributed by atoms with Crippen LogP contribution in [0.3, 0.4) is 0 Å². The lowest BCUT2D eigenvalue weighted by atomic mass is 10.2. The lowest BCUT2D eigenvalue weighted by Gasteiger charge is -2.11. The Morgan fingerprint density at radius 2 is 1.80 bits per heavy atom. The van der Waals surface area contributed by atoms with E-state index in [9.17, 15) is 17.6 Å². The average molecular weight is 367 g/mol. The summed E-state index contributed by atoms with van der Waals surface area (Å²) in [5.74, 6) is -0.687. The number of nitrogens with one attached hydrogen (secondary N) is 1. The Kier molecular flexibility index (Phi) is 6.49. The van der Waals surface area contributed by atoms with Crippen molar-refractivity contribution in [1.29, 1.82) is 0 Å². The molecule has 2 rings (SSSR count). The number of sulfonamides is 1. The zero-order chi connectivity index (χ0) is 18.3. The third kappa shape index (κ3) is 5.54. The lowest BCUT2D eigenvalue weighted by Crippen LogP contribution is -2.30. The molecule has 0 radical (unpaired) electrons. The second-order valence-corrected chi connectivity index (χ2v) is 6.75. The predicted octanol–water partition coefficient (Wildman–Crippen LogP) is 2.25. The molecule has 0 amide bonds. The second kappa shape index (κ2) is 8.59. The summed E-state index contributed by atoms with van der Waals surface area (Å²) in [7, 11) is -3.91. The quantitative estimate of drug-likeness (QED) is 0.724. The van der Waals surface area contributed by atoms with E-state index in [0.717, 1.165) is 24.3 Å². The van der Waals surface area contributed by atoms with E-state index in [1.165, 1.54) is 0 Å². The summed E-state index contributed by atoms with van der Waals surface area (Å²) >= 11 is 0. The van der Waals surface area contributed by atoms with Crippen LogP contribution in [0.5, 0.6) is 5.75 Å². The highest BCUT2D eigenvalue weighted by Gasteiger charge is 2.16. The van der Waals surface area contributed by atoms with E-state index in [4.69, 9.17) is 9.47 Å². The molecule has 25 heavy (non-hydrogen) atoms. The molecular formula is C17H18FNO5S. The highest BCUT2D eigenvalue weighted by Crippen LogP contribution is 2.18. The van der Waals surface area contributed by atoms with Crippen molar-refractivity contribution in [3.8, 4) is 5.75 Å². The number of ether oxygens (including phenoxy) is 2. The van der Waals surface area contributed by atoms with E-state index in [0.29, 0.717) is 17.9 Å². The predicted molar refractivity (Wildman–Crippen MR) is 89.0 cm³/mol. The Morgan fingerprint density at radius 1 is 1.12 bits per heavy atom. The summed E-state index contributed by atoms with van der Waals surface area (Å²) in [5, 5.41) is 0. The summed E-state index contributed by atoms with van der Waals surface area (Å²) in [6, 6.07) is 11.4. The molecule has 0 bridgehead atoms. The number of hydrogen-bond donors (Lipinski definition) is 1. The van der Waals surface area contributed by atoms with Gasteiger partial charge in [0.25, 0.3) is 0 Å². The van der Waals surface area contributed by atoms with Gasteiger partial charge in [0.1, 0.15) is 24.7 Å². The van der Waals surface area contributed by atoms with Gasteiger partial charge in [0.2, 0.25) is 10.0 Å². The van der Waals surface area contributed by atoms with Crippen LogP contribution in [-0.4, -0.2) is 27.5 Å². The zero-order valence-corrected chi connectivity index (χ0v) is 14.4. The van der Waals surface area contributed by atoms with Gasteiger partial charge in [0.15, 0.2) is 0 Å². The minimum Gasteiger partial charge on any atom is -0.493 e. The Labute approximate surface area is 145 Å². The third-order valence-corrected chi connectivity index (χ3v) is 4.61. The number of para-hydroxylation sites is 1. The van der Waals surface area contributed by atoms with Crippen LogP contribution < -0.4 is 9.46 Å². The minimum absolute atomic E-state index is 0.0344. The van der Waals surface area contributed by atoms with Crippen molar-refractivity contribution in [2.75, 3.05) is 13.2 Å². The van der Waals surface area contributed by atoms with Gasteiger partial charge >= 0.3 is 5.97 Å². The molecule has 0 aliphatic rings. The van der Waals surface area contributed by atoms with Gasteiger partial charge in [-0.05, 0) is 37.3 Å². The molecule has 0 aliphatic carbocycles. The summed E-state index contributed by atoms with van der Waals surface area (Å²) in [4.78, 5) is 11.6. The molecule has 0 heterocycles. The van der Waals surface area contributed by atoms with E-state index < -0.39 is 28.4 Å². The first-order chi connectivity index (χ1) is 11.9. The van der Waals surface area contributed by atoms with Gasteiger partial charge in [-0.3, -0.25) is 4.79 Å². The first kappa shape index (κ1) is 18.9. The summed E-state index contributed by atoms with van der Waals surface area (Å²) in [6.07, 6.45) is 0. The number of carbonyl (C=O) groups excluding carboxylic acids is 1. The van der Waals surface area contributed by atoms with Crippen molar-refractivity contribution in [3.05, 3.63) is 59.9 Å². The Balaban J connectivity index is 1.89. The van der Waals surface area contributed by atoms with Gasteiger partial charge in [-0.1, -0.05) is 18.2 Å². The molecule has 0 aliphatic heterocycles. The van der Waals surface area contributed by atoms with Crippen LogP contribution in [0, 0.1) is 5.82 Å². The highest BCUT2D eigenvalue weighted by molar-refractivity contribution is 7.89. The second-order valence-electron chi connectivity index (χ2n) is 4.98. The van der Waals surface area contributed by atoms with Gasteiger partial charge < -0.3 is 9.47 Å². The van der Waals surface area contributed by atoms with Gasteiger partial charge in [-0.2, -0.15) is 4.72 Å². The third-order valence-electron chi connectivity index (χ3n) is 3.19. The van der Waals surface area contributed by atoms with E-state index in [1.54, 1.807) is 24.3 Å². The molecule has 0 saturated heterocycles. The molecule has 0 aromatic heterocycles. The maximum absolute atomic E-state index is 12.8. The molecule has 2 aromatic rings. The Morgan fingerprint density at radius 3 is 2.48 bits per heavy atom. The fourth-order valence-corrected chi connectivity index (χ4v) is 2.95. The summed E-state index contributed by atoms with van der Waals surface area (Å²) < 4.78 is 49.4. The summed E-state index contributed by atoms with van der Waals surface area (Å²) in [6.45, 7) is 1.75. The molecule has 134 valence electrons. The zero-order valence-electron chi connectivity index (χ0n) is 13.6. The van der Waals surface area contributed by atoms with Crippen molar-refractivity contribution in [2.24, 2.45) is 0 Å². The van der Waals surface area contributed by atoms with Crippen molar-refractivity contribution in [1.82, 2.24) is 4.72 Å². The number of carbonyl (C=O) groups is 1. The van der Waals surface area contributed by atoms with Crippen LogP contribution in [0.4, 0.5) is 4.39 Å². The maximum Gasteiger partial charge on any atom is 0.321 e. The van der Waals surface area contributed by atoms with Crippen LogP contribution in [0.2, 0.25) is 0 Å². The van der Waals surface area contributed by atoms with Gasteiger partial charge in [0, 0.05) is 5.56 Å². The maximum atomic E-state index is 12.8. The number of rotatable bonds is 8. The van der Waals surface area contributed by atoms with E-state index >= 15 is 0 Å². The number of hydrogen-bond acceptors (Lipinski definition) is 5. The van der Waals surface area contributed by atoms with Crippen LogP contribution in [0.1, 0.15) is 12.5 Å². The Hall–Kier alpha value is -2.45. The molecular weight excluding hydrogens is 349 g/mol. The van der Waals surface area contributed by atoms with Crippen molar-refractivity contribution in [3.63, 3.8) is 0 Å². The minimum atomic E-state index is -3.91. The molecule has 0 unspecified atom stereocenters. The normalized spacial score (nSPS) is 11.1. The van der Waals surface area contributed by atoms with Crippen molar-refractivity contribution >= 4 is 16.0 Å². The standard InChI is InChI=1S/C17H18FNO5S/c1-2-23-16-6-4-3-5-13(16)12-24-17(20)11-19-25(21,22)15-9-7-14(18)8-10-15/h3-10,19H,2,11-12H2,1H3. The highest BCUT2D eigenvalue weighted by atomic mass is 32.2. The molecule has 8 heteroatoms. The molecule has 0 fully saturated rings.